The summed E-state index contributed by atoms with van der Waals surface area (Å²) in [5, 5.41) is 15.5. The van der Waals surface area contributed by atoms with Crippen molar-refractivity contribution in [2.45, 2.75) is 49.6 Å². The van der Waals surface area contributed by atoms with Crippen LogP contribution in [0.3, 0.4) is 0 Å². The molecule has 3 aromatic rings. The second-order valence-corrected chi connectivity index (χ2v) is 8.43. The molecule has 28 heavy (non-hydrogen) atoms. The molecule has 2 aromatic carbocycles. The van der Waals surface area contributed by atoms with Gasteiger partial charge in [-0.3, -0.25) is 4.79 Å². The van der Waals surface area contributed by atoms with Crippen molar-refractivity contribution >= 4 is 17.7 Å². The first-order valence-electron chi connectivity index (χ1n) is 9.52. The van der Waals surface area contributed by atoms with E-state index in [1.807, 2.05) is 44.2 Å². The van der Waals surface area contributed by atoms with E-state index in [0.717, 1.165) is 24.9 Å². The number of benzene rings is 2. The topological polar surface area (TPSA) is 72.7 Å². The van der Waals surface area contributed by atoms with Gasteiger partial charge in [0.1, 0.15) is 0 Å². The van der Waals surface area contributed by atoms with Crippen molar-refractivity contribution in [3.8, 4) is 5.69 Å². The van der Waals surface area contributed by atoms with Crippen molar-refractivity contribution in [3.63, 3.8) is 0 Å². The van der Waals surface area contributed by atoms with Gasteiger partial charge in [0, 0.05) is 0 Å². The lowest BCUT2D eigenvalue weighted by atomic mass is 9.88. The summed E-state index contributed by atoms with van der Waals surface area (Å²) in [4.78, 5) is 12.8. The van der Waals surface area contributed by atoms with Gasteiger partial charge in [-0.2, -0.15) is 4.68 Å². The van der Waals surface area contributed by atoms with Crippen molar-refractivity contribution in [1.82, 2.24) is 25.5 Å². The molecule has 1 aliphatic carbocycles. The highest BCUT2D eigenvalue weighted by molar-refractivity contribution is 8.00. The molecule has 2 unspecified atom stereocenters. The van der Waals surface area contributed by atoms with Crippen molar-refractivity contribution < 1.29 is 4.79 Å². The monoisotopic (exact) mass is 393 g/mol. The predicted molar refractivity (Wildman–Crippen MR) is 109 cm³/mol. The van der Waals surface area contributed by atoms with Crippen LogP contribution in [0.4, 0.5) is 0 Å². The zero-order valence-electron chi connectivity index (χ0n) is 16.0. The molecule has 1 N–H and O–H groups in total. The Kier molecular flexibility index (Phi) is 5.43. The Morgan fingerprint density at radius 1 is 1.21 bits per heavy atom. The Morgan fingerprint density at radius 3 is 2.82 bits per heavy atom. The third-order valence-electron chi connectivity index (χ3n) is 5.06. The molecule has 0 spiro atoms. The fraction of sp³-hybridized carbons (Fsp3) is 0.333. The third kappa shape index (κ3) is 3.94. The van der Waals surface area contributed by atoms with E-state index >= 15 is 0 Å². The fourth-order valence-electron chi connectivity index (χ4n) is 3.50. The van der Waals surface area contributed by atoms with Crippen LogP contribution in [0.2, 0.25) is 0 Å². The first-order valence-corrected chi connectivity index (χ1v) is 10.4. The average molecular weight is 394 g/mol. The highest BCUT2D eigenvalue weighted by atomic mass is 32.2. The van der Waals surface area contributed by atoms with E-state index < -0.39 is 0 Å². The standard InChI is InChI=1S/C21H23N5OS/c1-14-10-12-17(13-11-14)26-21(23-24-25-26)28-15(2)20(27)22-19-9-5-7-16-6-3-4-8-18(16)19/h3-4,6,8,10-13,15,19H,5,7,9H2,1-2H3,(H,22,27). The molecule has 0 radical (unpaired) electrons. The van der Waals surface area contributed by atoms with Crippen LogP contribution in [-0.4, -0.2) is 31.4 Å². The summed E-state index contributed by atoms with van der Waals surface area (Å²) in [6.45, 7) is 3.93. The van der Waals surface area contributed by atoms with Crippen LogP contribution < -0.4 is 5.32 Å². The molecule has 0 fully saturated rings. The molecule has 1 heterocycles. The maximum absolute atomic E-state index is 12.8. The van der Waals surface area contributed by atoms with Gasteiger partial charge in [-0.25, -0.2) is 0 Å². The lowest BCUT2D eigenvalue weighted by Crippen LogP contribution is -2.36. The Bertz CT molecular complexity index is 969. The van der Waals surface area contributed by atoms with E-state index in [0.29, 0.717) is 5.16 Å². The van der Waals surface area contributed by atoms with Gasteiger partial charge in [-0.15, -0.1) is 5.10 Å². The highest BCUT2D eigenvalue weighted by Gasteiger charge is 2.25. The molecule has 0 saturated heterocycles. The Labute approximate surface area is 168 Å². The van der Waals surface area contributed by atoms with E-state index in [1.54, 1.807) is 4.68 Å². The second kappa shape index (κ2) is 8.14. The number of carbonyl (C=O) groups excluding carboxylic acids is 1. The summed E-state index contributed by atoms with van der Waals surface area (Å²) >= 11 is 1.37. The summed E-state index contributed by atoms with van der Waals surface area (Å²) in [6.07, 6.45) is 3.15. The van der Waals surface area contributed by atoms with E-state index in [1.165, 1.54) is 28.5 Å². The first-order chi connectivity index (χ1) is 13.6. The van der Waals surface area contributed by atoms with Gasteiger partial charge in [-0.1, -0.05) is 53.7 Å². The van der Waals surface area contributed by atoms with Crippen LogP contribution in [-0.2, 0) is 11.2 Å². The largest absolute Gasteiger partial charge is 0.348 e. The Morgan fingerprint density at radius 2 is 2.00 bits per heavy atom. The van der Waals surface area contributed by atoms with Gasteiger partial charge in [0.05, 0.1) is 17.0 Å². The molecule has 1 amide bonds. The van der Waals surface area contributed by atoms with Gasteiger partial charge in [0.2, 0.25) is 11.1 Å². The molecule has 2 atom stereocenters. The Hall–Kier alpha value is -2.67. The van der Waals surface area contributed by atoms with E-state index in [4.69, 9.17) is 0 Å². The van der Waals surface area contributed by atoms with Crippen molar-refractivity contribution in [1.29, 1.82) is 0 Å². The smallest absolute Gasteiger partial charge is 0.233 e. The van der Waals surface area contributed by atoms with Crippen LogP contribution in [0.1, 0.15) is 42.5 Å². The summed E-state index contributed by atoms with van der Waals surface area (Å²) in [7, 11) is 0. The number of fused-ring (bicyclic) bond motifs is 1. The molecule has 4 rings (SSSR count). The second-order valence-electron chi connectivity index (χ2n) is 7.12. The normalized spacial score (nSPS) is 17.0. The SMILES string of the molecule is Cc1ccc(-n2nnnc2SC(C)C(=O)NC2CCCc3ccccc32)cc1. The summed E-state index contributed by atoms with van der Waals surface area (Å²) in [5.41, 5.74) is 4.63. The van der Waals surface area contributed by atoms with Gasteiger partial charge >= 0.3 is 0 Å². The van der Waals surface area contributed by atoms with Gasteiger partial charge in [-0.05, 0) is 66.8 Å². The summed E-state index contributed by atoms with van der Waals surface area (Å²) in [5.74, 6) is 0.00478. The molecule has 0 bridgehead atoms. The molecule has 1 aromatic heterocycles. The van der Waals surface area contributed by atoms with Gasteiger partial charge in [0.25, 0.3) is 0 Å². The predicted octanol–water partition coefficient (Wildman–Crippen LogP) is 3.65. The highest BCUT2D eigenvalue weighted by Crippen LogP contribution is 2.30. The lowest BCUT2D eigenvalue weighted by Gasteiger charge is -2.27. The number of rotatable bonds is 5. The average Bonchev–Trinajstić information content (AvgIpc) is 3.17. The van der Waals surface area contributed by atoms with Crippen LogP contribution >= 0.6 is 11.8 Å². The van der Waals surface area contributed by atoms with E-state index in [9.17, 15) is 4.79 Å². The van der Waals surface area contributed by atoms with Crippen LogP contribution in [0.25, 0.3) is 5.69 Å². The zero-order valence-corrected chi connectivity index (χ0v) is 16.8. The number of aromatic nitrogens is 4. The first kappa shape index (κ1) is 18.7. The number of hydrogen-bond donors (Lipinski definition) is 1. The molecule has 1 aliphatic rings. The number of aryl methyl sites for hydroxylation is 2. The van der Waals surface area contributed by atoms with Gasteiger partial charge < -0.3 is 5.32 Å². The zero-order chi connectivity index (χ0) is 19.5. The number of carbonyl (C=O) groups is 1. The fourth-order valence-corrected chi connectivity index (χ4v) is 4.32. The molecule has 144 valence electrons. The quantitative estimate of drug-likeness (QED) is 0.670. The van der Waals surface area contributed by atoms with Crippen molar-refractivity contribution in [3.05, 3.63) is 65.2 Å². The molecular weight excluding hydrogens is 370 g/mol. The minimum absolute atomic E-state index is 0.00478. The maximum atomic E-state index is 12.8. The number of nitrogens with one attached hydrogen (secondary N) is 1. The van der Waals surface area contributed by atoms with Crippen molar-refractivity contribution in [2.24, 2.45) is 0 Å². The third-order valence-corrected chi connectivity index (χ3v) is 6.09. The van der Waals surface area contributed by atoms with Crippen LogP contribution in [0, 0.1) is 6.92 Å². The number of hydrogen-bond acceptors (Lipinski definition) is 5. The minimum Gasteiger partial charge on any atom is -0.348 e. The Balaban J connectivity index is 1.45. The van der Waals surface area contributed by atoms with Crippen molar-refractivity contribution in [2.75, 3.05) is 0 Å². The number of tetrazole rings is 1. The van der Waals surface area contributed by atoms with Crippen LogP contribution in [0.15, 0.2) is 53.7 Å². The molecule has 7 heteroatoms. The summed E-state index contributed by atoms with van der Waals surface area (Å²) in [6, 6.07) is 16.4. The molecular formula is C21H23N5OS. The van der Waals surface area contributed by atoms with E-state index in [-0.39, 0.29) is 17.2 Å². The maximum Gasteiger partial charge on any atom is 0.233 e. The summed E-state index contributed by atoms with van der Waals surface area (Å²) < 4.78 is 1.67. The molecule has 6 nitrogen and oxygen atoms in total. The number of thioether (sulfide) groups is 1. The molecule has 0 saturated carbocycles. The lowest BCUT2D eigenvalue weighted by molar-refractivity contribution is -0.121. The molecule has 0 aliphatic heterocycles. The minimum atomic E-state index is -0.302. The number of amides is 1. The number of nitrogens with zero attached hydrogens (tertiary/aromatic N) is 4. The van der Waals surface area contributed by atoms with Crippen LogP contribution in [0.5, 0.6) is 0 Å². The van der Waals surface area contributed by atoms with E-state index in [2.05, 4.69) is 39.0 Å². The van der Waals surface area contributed by atoms with Gasteiger partial charge in [0.15, 0.2) is 0 Å².